The lowest BCUT2D eigenvalue weighted by Gasteiger charge is -2.21. The van der Waals surface area contributed by atoms with Gasteiger partial charge in [-0.1, -0.05) is 0 Å². The van der Waals surface area contributed by atoms with Crippen LogP contribution in [0.5, 0.6) is 0 Å². The summed E-state index contributed by atoms with van der Waals surface area (Å²) < 4.78 is 0.615. The van der Waals surface area contributed by atoms with Gasteiger partial charge in [0.2, 0.25) is 0 Å². The second-order valence-electron chi connectivity index (χ2n) is 2.88. The summed E-state index contributed by atoms with van der Waals surface area (Å²) in [6.45, 7) is 2.66. The van der Waals surface area contributed by atoms with Gasteiger partial charge in [0.1, 0.15) is 0 Å². The van der Waals surface area contributed by atoms with Crippen LogP contribution in [-0.4, -0.2) is 30.1 Å². The zero-order chi connectivity index (χ0) is 10.7. The van der Waals surface area contributed by atoms with E-state index in [4.69, 9.17) is 5.41 Å². The molecule has 2 N–H and O–H groups in total. The normalized spacial score (nSPS) is 20.1. The molecule has 1 aliphatic heterocycles. The van der Waals surface area contributed by atoms with Crippen LogP contribution in [0.2, 0.25) is 0 Å². The SMILES string of the molecule is CCN/C=C1\C(=N)C(Br)=CN(C)C1=O. The van der Waals surface area contributed by atoms with E-state index >= 15 is 0 Å². The molecule has 1 aliphatic rings. The van der Waals surface area contributed by atoms with Crippen LogP contribution in [0.1, 0.15) is 6.92 Å². The molecule has 0 aromatic carbocycles. The van der Waals surface area contributed by atoms with Gasteiger partial charge in [0.05, 0.1) is 15.8 Å². The maximum atomic E-state index is 11.6. The molecule has 1 rings (SSSR count). The van der Waals surface area contributed by atoms with Crippen molar-refractivity contribution in [2.75, 3.05) is 13.6 Å². The van der Waals surface area contributed by atoms with Gasteiger partial charge in [-0.25, -0.2) is 0 Å². The summed E-state index contributed by atoms with van der Waals surface area (Å²) in [7, 11) is 1.66. The molecule has 0 aromatic rings. The summed E-state index contributed by atoms with van der Waals surface area (Å²) in [4.78, 5) is 13.0. The van der Waals surface area contributed by atoms with Crippen molar-refractivity contribution in [3.63, 3.8) is 0 Å². The summed E-state index contributed by atoms with van der Waals surface area (Å²) in [5, 5.41) is 10.6. The molecule has 0 saturated heterocycles. The summed E-state index contributed by atoms with van der Waals surface area (Å²) in [5.74, 6) is -0.167. The van der Waals surface area contributed by atoms with Gasteiger partial charge in [0, 0.05) is 26.0 Å². The quantitative estimate of drug-likeness (QED) is 0.731. The predicted octanol–water partition coefficient (Wildman–Crippen LogP) is 1.21. The molecular weight excluding hydrogens is 246 g/mol. The van der Waals surface area contributed by atoms with Crippen molar-refractivity contribution in [1.82, 2.24) is 10.2 Å². The Bertz CT molecular complexity index is 333. The van der Waals surface area contributed by atoms with Gasteiger partial charge in [0.25, 0.3) is 5.91 Å². The lowest BCUT2D eigenvalue weighted by molar-refractivity contribution is -0.123. The van der Waals surface area contributed by atoms with Crippen LogP contribution in [0, 0.1) is 5.41 Å². The predicted molar refractivity (Wildman–Crippen MR) is 59.3 cm³/mol. The van der Waals surface area contributed by atoms with Crippen LogP contribution in [-0.2, 0) is 4.79 Å². The minimum absolute atomic E-state index is 0.167. The van der Waals surface area contributed by atoms with E-state index in [0.29, 0.717) is 10.1 Å². The zero-order valence-electron chi connectivity index (χ0n) is 8.10. The molecule has 4 nitrogen and oxygen atoms in total. The number of nitrogens with zero attached hydrogens (tertiary/aromatic N) is 1. The molecule has 0 bridgehead atoms. The fourth-order valence-electron chi connectivity index (χ4n) is 1.06. The third-order valence-electron chi connectivity index (χ3n) is 1.82. The Kier molecular flexibility index (Phi) is 3.46. The number of carbonyl (C=O) groups excluding carboxylic acids is 1. The van der Waals surface area contributed by atoms with E-state index in [-0.39, 0.29) is 11.6 Å². The van der Waals surface area contributed by atoms with Gasteiger partial charge >= 0.3 is 0 Å². The fourth-order valence-corrected chi connectivity index (χ4v) is 1.58. The van der Waals surface area contributed by atoms with Gasteiger partial charge in [0.15, 0.2) is 0 Å². The number of rotatable bonds is 2. The minimum Gasteiger partial charge on any atom is -0.390 e. The number of nitrogens with one attached hydrogen (secondary N) is 2. The molecule has 0 atom stereocenters. The first-order valence-electron chi connectivity index (χ1n) is 4.25. The van der Waals surface area contributed by atoms with Gasteiger partial charge in [-0.05, 0) is 22.9 Å². The van der Waals surface area contributed by atoms with Crippen molar-refractivity contribution in [3.8, 4) is 0 Å². The Morgan fingerprint density at radius 2 is 2.36 bits per heavy atom. The first-order valence-corrected chi connectivity index (χ1v) is 5.04. The number of amides is 1. The Morgan fingerprint density at radius 1 is 1.71 bits per heavy atom. The number of halogens is 1. The molecule has 5 heteroatoms. The first-order chi connectivity index (χ1) is 6.57. The van der Waals surface area contributed by atoms with Crippen molar-refractivity contribution in [1.29, 1.82) is 5.41 Å². The second-order valence-corrected chi connectivity index (χ2v) is 3.74. The van der Waals surface area contributed by atoms with Gasteiger partial charge in [-0.3, -0.25) is 10.2 Å². The van der Waals surface area contributed by atoms with Crippen LogP contribution < -0.4 is 5.32 Å². The standard InChI is InChI=1S/C9H12BrN3O/c1-3-12-4-6-8(11)7(10)5-13(2)9(6)14/h4-5,11-12H,3H2,1-2H3/b6-4+,11-8?. The topological polar surface area (TPSA) is 56.2 Å². The largest absolute Gasteiger partial charge is 0.390 e. The lowest BCUT2D eigenvalue weighted by Crippen LogP contribution is -2.32. The summed E-state index contributed by atoms with van der Waals surface area (Å²) >= 11 is 3.23. The molecule has 76 valence electrons. The second kappa shape index (κ2) is 4.41. The molecule has 0 radical (unpaired) electrons. The molecule has 0 fully saturated rings. The number of carbonyl (C=O) groups is 1. The van der Waals surface area contributed by atoms with E-state index in [2.05, 4.69) is 21.2 Å². The van der Waals surface area contributed by atoms with Crippen LogP contribution in [0.25, 0.3) is 0 Å². The lowest BCUT2D eigenvalue weighted by atomic mass is 10.1. The van der Waals surface area contributed by atoms with E-state index in [1.165, 1.54) is 4.90 Å². The molecule has 0 unspecified atom stereocenters. The maximum Gasteiger partial charge on any atom is 0.261 e. The summed E-state index contributed by atoms with van der Waals surface area (Å²) in [6.07, 6.45) is 3.17. The Balaban J connectivity index is 3.01. The average molecular weight is 258 g/mol. The maximum absolute atomic E-state index is 11.6. The molecule has 0 spiro atoms. The molecule has 1 amide bonds. The van der Waals surface area contributed by atoms with Crippen molar-refractivity contribution in [2.45, 2.75) is 6.92 Å². The van der Waals surface area contributed by atoms with E-state index in [9.17, 15) is 4.79 Å². The van der Waals surface area contributed by atoms with Crippen molar-refractivity contribution in [2.24, 2.45) is 0 Å². The van der Waals surface area contributed by atoms with Gasteiger partial charge in [-0.2, -0.15) is 0 Å². The Hall–Kier alpha value is -1.10. The van der Waals surface area contributed by atoms with Crippen LogP contribution >= 0.6 is 15.9 Å². The molecule has 0 aromatic heterocycles. The summed E-state index contributed by atoms with van der Waals surface area (Å²) in [6, 6.07) is 0. The van der Waals surface area contributed by atoms with E-state index < -0.39 is 0 Å². The van der Waals surface area contributed by atoms with Gasteiger partial charge < -0.3 is 10.2 Å². The average Bonchev–Trinajstić information content (AvgIpc) is 2.15. The Labute approximate surface area is 91.3 Å². The monoisotopic (exact) mass is 257 g/mol. The number of hydrogen-bond donors (Lipinski definition) is 2. The van der Waals surface area contributed by atoms with Crippen molar-refractivity contribution >= 4 is 27.5 Å². The highest BCUT2D eigenvalue weighted by atomic mass is 79.9. The smallest absolute Gasteiger partial charge is 0.261 e. The van der Waals surface area contributed by atoms with Crippen LogP contribution in [0.3, 0.4) is 0 Å². The zero-order valence-corrected chi connectivity index (χ0v) is 9.68. The van der Waals surface area contributed by atoms with E-state index in [0.717, 1.165) is 6.54 Å². The van der Waals surface area contributed by atoms with Gasteiger partial charge in [-0.15, -0.1) is 0 Å². The highest BCUT2D eigenvalue weighted by Crippen LogP contribution is 2.20. The minimum atomic E-state index is -0.167. The third-order valence-corrected chi connectivity index (χ3v) is 2.42. The molecule has 14 heavy (non-hydrogen) atoms. The molecule has 0 aliphatic carbocycles. The fraction of sp³-hybridized carbons (Fsp3) is 0.333. The number of hydrogen-bond acceptors (Lipinski definition) is 3. The van der Waals surface area contributed by atoms with E-state index in [1.54, 1.807) is 19.4 Å². The van der Waals surface area contributed by atoms with Crippen LogP contribution in [0.4, 0.5) is 0 Å². The first kappa shape index (κ1) is 11.0. The molecule has 0 saturated carbocycles. The van der Waals surface area contributed by atoms with E-state index in [1.807, 2.05) is 6.92 Å². The summed E-state index contributed by atoms with van der Waals surface area (Å²) in [5.41, 5.74) is 0.595. The number of allylic oxidation sites excluding steroid dienone is 1. The van der Waals surface area contributed by atoms with Crippen molar-refractivity contribution in [3.05, 3.63) is 22.5 Å². The third kappa shape index (κ3) is 2.04. The van der Waals surface area contributed by atoms with Crippen LogP contribution in [0.15, 0.2) is 22.5 Å². The highest BCUT2D eigenvalue weighted by molar-refractivity contribution is 9.12. The highest BCUT2D eigenvalue weighted by Gasteiger charge is 2.24. The molecular formula is C9H12BrN3O. The number of likely N-dealkylation sites (N-methyl/N-ethyl adjacent to an activating group) is 1. The Morgan fingerprint density at radius 3 is 2.93 bits per heavy atom. The van der Waals surface area contributed by atoms with Crippen molar-refractivity contribution < 1.29 is 4.79 Å². The molecule has 1 heterocycles.